The molecule has 0 aromatic rings. The average Bonchev–Trinajstić information content (AvgIpc) is 2.33. The van der Waals surface area contributed by atoms with Gasteiger partial charge in [-0.25, -0.2) is 0 Å². The van der Waals surface area contributed by atoms with Gasteiger partial charge in [-0.2, -0.15) is 5.06 Å². The summed E-state index contributed by atoms with van der Waals surface area (Å²) in [5.74, 6) is -0.157. The maximum atomic E-state index is 11.8. The Balaban J connectivity index is 2.83. The molecule has 1 saturated heterocycles. The SMILES string of the molecule is CCCCC1(C)CC(OC(=O)C(C)I)CC(C)(C)N1O. The van der Waals surface area contributed by atoms with Crippen LogP contribution in [0.25, 0.3) is 0 Å². The number of rotatable bonds is 5. The van der Waals surface area contributed by atoms with E-state index in [-0.39, 0.29) is 27.1 Å². The molecular weight excluding hydrogens is 369 g/mol. The predicted octanol–water partition coefficient (Wildman–Crippen LogP) is 3.93. The van der Waals surface area contributed by atoms with E-state index in [0.717, 1.165) is 19.3 Å². The molecule has 0 radical (unpaired) electrons. The summed E-state index contributed by atoms with van der Waals surface area (Å²) in [5.41, 5.74) is -0.697. The molecular formula is C15H28INO3. The minimum absolute atomic E-state index is 0.111. The third-order valence-electron chi connectivity index (χ3n) is 4.16. The van der Waals surface area contributed by atoms with Gasteiger partial charge in [0.2, 0.25) is 0 Å². The first kappa shape index (κ1) is 18.2. The molecule has 1 aliphatic heterocycles. The van der Waals surface area contributed by atoms with Crippen molar-refractivity contribution in [2.75, 3.05) is 0 Å². The van der Waals surface area contributed by atoms with Crippen LogP contribution in [0.3, 0.4) is 0 Å². The molecule has 0 aromatic carbocycles. The maximum absolute atomic E-state index is 11.8. The van der Waals surface area contributed by atoms with Crippen molar-refractivity contribution >= 4 is 28.6 Å². The number of ether oxygens (including phenoxy) is 1. The van der Waals surface area contributed by atoms with E-state index in [9.17, 15) is 10.0 Å². The van der Waals surface area contributed by atoms with Crippen molar-refractivity contribution in [1.82, 2.24) is 5.06 Å². The highest BCUT2D eigenvalue weighted by Gasteiger charge is 2.48. The number of piperidine rings is 1. The van der Waals surface area contributed by atoms with Gasteiger partial charge in [0.25, 0.3) is 0 Å². The Morgan fingerprint density at radius 1 is 1.45 bits per heavy atom. The Bertz CT molecular complexity index is 346. The fourth-order valence-electron chi connectivity index (χ4n) is 3.13. The molecule has 1 N–H and O–H groups in total. The lowest BCUT2D eigenvalue weighted by molar-refractivity contribution is -0.266. The molecule has 118 valence electrons. The van der Waals surface area contributed by atoms with Crippen molar-refractivity contribution in [3.05, 3.63) is 0 Å². The second-order valence-electron chi connectivity index (χ2n) is 6.81. The van der Waals surface area contributed by atoms with E-state index < -0.39 is 0 Å². The molecule has 20 heavy (non-hydrogen) atoms. The van der Waals surface area contributed by atoms with E-state index in [0.29, 0.717) is 12.8 Å². The summed E-state index contributed by atoms with van der Waals surface area (Å²) in [6.45, 7) is 10.1. The molecule has 0 bridgehead atoms. The number of unbranched alkanes of at least 4 members (excludes halogenated alkanes) is 1. The van der Waals surface area contributed by atoms with Gasteiger partial charge >= 0.3 is 5.97 Å². The van der Waals surface area contributed by atoms with Gasteiger partial charge in [0, 0.05) is 23.9 Å². The lowest BCUT2D eigenvalue weighted by atomic mass is 9.77. The van der Waals surface area contributed by atoms with Crippen LogP contribution in [-0.2, 0) is 9.53 Å². The van der Waals surface area contributed by atoms with Gasteiger partial charge in [-0.05, 0) is 34.1 Å². The monoisotopic (exact) mass is 397 g/mol. The van der Waals surface area contributed by atoms with Crippen molar-refractivity contribution in [1.29, 1.82) is 0 Å². The molecule has 0 amide bonds. The maximum Gasteiger partial charge on any atom is 0.318 e. The highest BCUT2D eigenvalue weighted by Crippen LogP contribution is 2.41. The molecule has 1 rings (SSSR count). The van der Waals surface area contributed by atoms with Crippen LogP contribution in [0.2, 0.25) is 0 Å². The Labute approximate surface area is 136 Å². The van der Waals surface area contributed by atoms with E-state index in [2.05, 4.69) is 36.4 Å². The molecule has 5 heteroatoms. The van der Waals surface area contributed by atoms with Crippen LogP contribution in [0.5, 0.6) is 0 Å². The minimum Gasteiger partial charge on any atom is -0.461 e. The van der Waals surface area contributed by atoms with Crippen LogP contribution >= 0.6 is 22.6 Å². The van der Waals surface area contributed by atoms with Crippen molar-refractivity contribution < 1.29 is 14.7 Å². The van der Waals surface area contributed by atoms with E-state index in [1.54, 1.807) is 0 Å². The summed E-state index contributed by atoms with van der Waals surface area (Å²) in [4.78, 5) is 11.8. The van der Waals surface area contributed by atoms with E-state index >= 15 is 0 Å². The van der Waals surface area contributed by atoms with Gasteiger partial charge in [0.1, 0.15) is 10.0 Å². The molecule has 1 fully saturated rings. The van der Waals surface area contributed by atoms with Crippen LogP contribution in [0, 0.1) is 0 Å². The fraction of sp³-hybridized carbons (Fsp3) is 0.933. The van der Waals surface area contributed by atoms with Crippen LogP contribution in [0.4, 0.5) is 0 Å². The van der Waals surface area contributed by atoms with Gasteiger partial charge in [-0.15, -0.1) is 0 Å². The van der Waals surface area contributed by atoms with Gasteiger partial charge in [-0.1, -0.05) is 42.4 Å². The first-order valence-corrected chi connectivity index (χ1v) is 8.71. The second kappa shape index (κ2) is 6.92. The number of hydrogen-bond acceptors (Lipinski definition) is 4. The third kappa shape index (κ3) is 4.31. The predicted molar refractivity (Wildman–Crippen MR) is 88.2 cm³/mol. The average molecular weight is 397 g/mol. The Morgan fingerprint density at radius 3 is 2.55 bits per heavy atom. The minimum atomic E-state index is -0.375. The van der Waals surface area contributed by atoms with Gasteiger partial charge in [0.15, 0.2) is 0 Å². The molecule has 0 spiro atoms. The standard InChI is InChI=1S/C15H28INO3/c1-6-7-8-15(5)10-12(20-13(18)11(2)16)9-14(3,4)17(15)19/h11-12,19H,6-10H2,1-5H3. The zero-order chi connectivity index (χ0) is 15.6. The lowest BCUT2D eigenvalue weighted by Gasteiger charge is -2.52. The van der Waals surface area contributed by atoms with Crippen LogP contribution in [-0.4, -0.2) is 37.3 Å². The number of hydroxylamine groups is 2. The molecule has 1 aliphatic rings. The van der Waals surface area contributed by atoms with Crippen LogP contribution in [0.1, 0.15) is 66.7 Å². The first-order chi connectivity index (χ1) is 9.12. The number of hydrogen-bond donors (Lipinski definition) is 1. The van der Waals surface area contributed by atoms with Gasteiger partial charge in [0.05, 0.1) is 0 Å². The van der Waals surface area contributed by atoms with Crippen LogP contribution in [0.15, 0.2) is 0 Å². The second-order valence-corrected chi connectivity index (χ2v) is 8.68. The van der Waals surface area contributed by atoms with Crippen molar-refractivity contribution in [3.8, 4) is 0 Å². The van der Waals surface area contributed by atoms with Crippen LogP contribution < -0.4 is 0 Å². The van der Waals surface area contributed by atoms with E-state index in [4.69, 9.17) is 4.74 Å². The molecule has 4 nitrogen and oxygen atoms in total. The Hall–Kier alpha value is 0.120. The molecule has 1 heterocycles. The number of nitrogens with zero attached hydrogens (tertiary/aromatic N) is 1. The summed E-state index contributed by atoms with van der Waals surface area (Å²) < 4.78 is 5.49. The highest BCUT2D eigenvalue weighted by atomic mass is 127. The zero-order valence-corrected chi connectivity index (χ0v) is 15.4. The van der Waals surface area contributed by atoms with Crippen molar-refractivity contribution in [2.24, 2.45) is 0 Å². The summed E-state index contributed by atoms with van der Waals surface area (Å²) in [6.07, 6.45) is 4.33. The molecule has 0 aliphatic carbocycles. The largest absolute Gasteiger partial charge is 0.461 e. The Morgan fingerprint density at radius 2 is 2.05 bits per heavy atom. The molecule has 0 aromatic heterocycles. The van der Waals surface area contributed by atoms with Crippen molar-refractivity contribution in [2.45, 2.75) is 87.8 Å². The summed E-state index contributed by atoms with van der Waals surface area (Å²) in [6, 6.07) is 0. The molecule has 0 saturated carbocycles. The lowest BCUT2D eigenvalue weighted by Crippen LogP contribution is -2.62. The number of alkyl halides is 1. The van der Waals surface area contributed by atoms with Gasteiger partial charge in [-0.3, -0.25) is 4.79 Å². The smallest absolute Gasteiger partial charge is 0.318 e. The quantitative estimate of drug-likeness (QED) is 0.434. The zero-order valence-electron chi connectivity index (χ0n) is 13.3. The molecule has 3 atom stereocenters. The Kier molecular flexibility index (Phi) is 6.29. The number of carbonyl (C=O) groups excluding carboxylic acids is 1. The third-order valence-corrected chi connectivity index (χ3v) is 4.66. The van der Waals surface area contributed by atoms with Gasteiger partial charge < -0.3 is 9.94 Å². The number of esters is 1. The normalized spacial score (nSPS) is 31.9. The highest BCUT2D eigenvalue weighted by molar-refractivity contribution is 14.1. The van der Waals surface area contributed by atoms with Crippen molar-refractivity contribution in [3.63, 3.8) is 0 Å². The van der Waals surface area contributed by atoms with E-state index in [1.807, 2.05) is 20.8 Å². The first-order valence-electron chi connectivity index (χ1n) is 7.46. The summed E-state index contributed by atoms with van der Waals surface area (Å²) >= 11 is 2.07. The number of carbonyl (C=O) groups is 1. The summed E-state index contributed by atoms with van der Waals surface area (Å²) in [5, 5.41) is 12.0. The topological polar surface area (TPSA) is 49.8 Å². The van der Waals surface area contributed by atoms with E-state index in [1.165, 1.54) is 5.06 Å². The summed E-state index contributed by atoms with van der Waals surface area (Å²) in [7, 11) is 0. The fourth-order valence-corrected chi connectivity index (χ4v) is 3.28. The molecule has 3 unspecified atom stereocenters. The number of halogens is 1.